The number of nitrogens with one attached hydrogen (secondary N) is 1. The Labute approximate surface area is 106 Å². The van der Waals surface area contributed by atoms with E-state index in [2.05, 4.69) is 5.32 Å². The third-order valence-electron chi connectivity index (χ3n) is 2.25. The SMILES string of the molecule is COc1ccc(N)cc1NC(=O)CCCSC. The maximum atomic E-state index is 11.6. The zero-order valence-corrected chi connectivity index (χ0v) is 11.0. The van der Waals surface area contributed by atoms with Gasteiger partial charge in [0.05, 0.1) is 12.8 Å². The van der Waals surface area contributed by atoms with Crippen LogP contribution in [0.4, 0.5) is 11.4 Å². The van der Waals surface area contributed by atoms with Gasteiger partial charge in [0.25, 0.3) is 0 Å². The van der Waals surface area contributed by atoms with Gasteiger partial charge in [0.15, 0.2) is 0 Å². The van der Waals surface area contributed by atoms with Gasteiger partial charge in [0.2, 0.25) is 5.91 Å². The van der Waals surface area contributed by atoms with Gasteiger partial charge in [-0.2, -0.15) is 11.8 Å². The predicted octanol–water partition coefficient (Wildman–Crippen LogP) is 2.36. The van der Waals surface area contributed by atoms with E-state index < -0.39 is 0 Å². The van der Waals surface area contributed by atoms with E-state index >= 15 is 0 Å². The molecule has 0 aliphatic heterocycles. The summed E-state index contributed by atoms with van der Waals surface area (Å²) in [6, 6.07) is 5.18. The van der Waals surface area contributed by atoms with Crippen molar-refractivity contribution in [3.05, 3.63) is 18.2 Å². The van der Waals surface area contributed by atoms with Gasteiger partial charge >= 0.3 is 0 Å². The van der Waals surface area contributed by atoms with E-state index in [0.717, 1.165) is 12.2 Å². The molecule has 94 valence electrons. The van der Waals surface area contributed by atoms with E-state index in [0.29, 0.717) is 23.5 Å². The summed E-state index contributed by atoms with van der Waals surface area (Å²) in [7, 11) is 1.56. The quantitative estimate of drug-likeness (QED) is 0.604. The van der Waals surface area contributed by atoms with Crippen molar-refractivity contribution in [3.8, 4) is 5.75 Å². The number of methoxy groups -OCH3 is 1. The predicted molar refractivity (Wildman–Crippen MR) is 73.7 cm³/mol. The molecule has 0 saturated heterocycles. The highest BCUT2D eigenvalue weighted by molar-refractivity contribution is 7.98. The Morgan fingerprint density at radius 1 is 1.53 bits per heavy atom. The molecule has 0 fully saturated rings. The molecule has 1 rings (SSSR count). The first-order chi connectivity index (χ1) is 8.17. The minimum absolute atomic E-state index is 0.0112. The lowest BCUT2D eigenvalue weighted by molar-refractivity contribution is -0.116. The lowest BCUT2D eigenvalue weighted by Crippen LogP contribution is -2.12. The topological polar surface area (TPSA) is 64.3 Å². The molecule has 0 unspecified atom stereocenters. The fraction of sp³-hybridized carbons (Fsp3) is 0.417. The van der Waals surface area contributed by atoms with Crippen LogP contribution in [0.15, 0.2) is 18.2 Å². The standard InChI is InChI=1S/C12H18N2O2S/c1-16-11-6-5-9(13)8-10(11)14-12(15)4-3-7-17-2/h5-6,8H,3-4,7,13H2,1-2H3,(H,14,15). The number of thioether (sulfide) groups is 1. The van der Waals surface area contributed by atoms with Crippen molar-refractivity contribution < 1.29 is 9.53 Å². The minimum Gasteiger partial charge on any atom is -0.495 e. The molecule has 5 heteroatoms. The largest absolute Gasteiger partial charge is 0.495 e. The third-order valence-corrected chi connectivity index (χ3v) is 2.95. The normalized spacial score (nSPS) is 10.0. The highest BCUT2D eigenvalue weighted by atomic mass is 32.2. The second kappa shape index (κ2) is 7.06. The number of hydrogen-bond donors (Lipinski definition) is 2. The average Bonchev–Trinajstić information content (AvgIpc) is 2.29. The minimum atomic E-state index is -0.0112. The molecule has 4 nitrogen and oxygen atoms in total. The molecule has 0 atom stereocenters. The molecule has 1 aromatic rings. The van der Waals surface area contributed by atoms with Crippen LogP contribution in [0.2, 0.25) is 0 Å². The first kappa shape index (κ1) is 13.7. The van der Waals surface area contributed by atoms with Crippen molar-refractivity contribution in [2.75, 3.05) is 30.2 Å². The van der Waals surface area contributed by atoms with Gasteiger partial charge in [-0.1, -0.05) is 0 Å². The fourth-order valence-electron chi connectivity index (χ4n) is 1.41. The van der Waals surface area contributed by atoms with Gasteiger partial charge in [-0.25, -0.2) is 0 Å². The molecule has 0 aromatic heterocycles. The molecule has 0 heterocycles. The van der Waals surface area contributed by atoms with Crippen LogP contribution >= 0.6 is 11.8 Å². The summed E-state index contributed by atoms with van der Waals surface area (Å²) in [6.45, 7) is 0. The second-order valence-corrected chi connectivity index (χ2v) is 4.59. The first-order valence-corrected chi connectivity index (χ1v) is 6.79. The van der Waals surface area contributed by atoms with E-state index in [-0.39, 0.29) is 5.91 Å². The number of amides is 1. The highest BCUT2D eigenvalue weighted by Gasteiger charge is 2.07. The van der Waals surface area contributed by atoms with Crippen molar-refractivity contribution in [3.63, 3.8) is 0 Å². The van der Waals surface area contributed by atoms with Gasteiger partial charge in [-0.3, -0.25) is 4.79 Å². The van der Waals surface area contributed by atoms with Crippen LogP contribution in [0, 0.1) is 0 Å². The van der Waals surface area contributed by atoms with Gasteiger partial charge in [-0.15, -0.1) is 0 Å². The van der Waals surface area contributed by atoms with Crippen LogP contribution in [0.5, 0.6) is 5.75 Å². The molecule has 0 radical (unpaired) electrons. The van der Waals surface area contributed by atoms with Gasteiger partial charge in [0, 0.05) is 12.1 Å². The van der Waals surface area contributed by atoms with Gasteiger partial charge < -0.3 is 15.8 Å². The van der Waals surface area contributed by atoms with Gasteiger partial charge in [0.1, 0.15) is 5.75 Å². The Kier molecular flexibility index (Phi) is 5.69. The van der Waals surface area contributed by atoms with Crippen molar-refractivity contribution in [2.45, 2.75) is 12.8 Å². The fourth-order valence-corrected chi connectivity index (χ4v) is 1.85. The summed E-state index contributed by atoms with van der Waals surface area (Å²) < 4.78 is 5.15. The van der Waals surface area contributed by atoms with E-state index in [1.807, 2.05) is 6.26 Å². The molecule has 0 aliphatic carbocycles. The number of hydrogen-bond acceptors (Lipinski definition) is 4. The van der Waals surface area contributed by atoms with Crippen LogP contribution in [-0.4, -0.2) is 25.0 Å². The second-order valence-electron chi connectivity index (χ2n) is 3.60. The Morgan fingerprint density at radius 2 is 2.29 bits per heavy atom. The zero-order chi connectivity index (χ0) is 12.7. The van der Waals surface area contributed by atoms with Crippen molar-refractivity contribution in [2.24, 2.45) is 0 Å². The zero-order valence-electron chi connectivity index (χ0n) is 10.2. The molecule has 0 spiro atoms. The van der Waals surface area contributed by atoms with E-state index in [1.54, 1.807) is 37.1 Å². The molecule has 17 heavy (non-hydrogen) atoms. The van der Waals surface area contributed by atoms with Crippen LogP contribution in [0.3, 0.4) is 0 Å². The Bertz CT molecular complexity index is 383. The molecule has 0 aliphatic rings. The van der Waals surface area contributed by atoms with Crippen molar-refractivity contribution in [1.29, 1.82) is 0 Å². The van der Waals surface area contributed by atoms with Crippen LogP contribution in [0.25, 0.3) is 0 Å². The molecule has 0 bridgehead atoms. The monoisotopic (exact) mass is 254 g/mol. The number of anilines is 2. The maximum Gasteiger partial charge on any atom is 0.224 e. The summed E-state index contributed by atoms with van der Waals surface area (Å²) in [6.07, 6.45) is 3.41. The van der Waals surface area contributed by atoms with E-state index in [9.17, 15) is 4.79 Å². The molecule has 0 saturated carbocycles. The van der Waals surface area contributed by atoms with Crippen LogP contribution in [0.1, 0.15) is 12.8 Å². The lowest BCUT2D eigenvalue weighted by atomic mass is 10.2. The Morgan fingerprint density at radius 3 is 2.94 bits per heavy atom. The molecule has 3 N–H and O–H groups in total. The van der Waals surface area contributed by atoms with Crippen molar-refractivity contribution in [1.82, 2.24) is 0 Å². The summed E-state index contributed by atoms with van der Waals surface area (Å²) in [4.78, 5) is 11.6. The summed E-state index contributed by atoms with van der Waals surface area (Å²) in [5.41, 5.74) is 6.90. The number of carbonyl (C=O) groups is 1. The molecule has 1 aromatic carbocycles. The smallest absolute Gasteiger partial charge is 0.224 e. The van der Waals surface area contributed by atoms with Crippen molar-refractivity contribution >= 4 is 29.0 Å². The molecule has 1 amide bonds. The summed E-state index contributed by atoms with van der Waals surface area (Å²) in [5.74, 6) is 1.60. The lowest BCUT2D eigenvalue weighted by Gasteiger charge is -2.10. The van der Waals surface area contributed by atoms with E-state index in [4.69, 9.17) is 10.5 Å². The Balaban J connectivity index is 2.60. The molecular weight excluding hydrogens is 236 g/mol. The molecular formula is C12H18N2O2S. The summed E-state index contributed by atoms with van der Waals surface area (Å²) >= 11 is 1.74. The number of nitrogens with two attached hydrogens (primary N) is 1. The average molecular weight is 254 g/mol. The van der Waals surface area contributed by atoms with E-state index in [1.165, 1.54) is 0 Å². The maximum absolute atomic E-state index is 11.6. The van der Waals surface area contributed by atoms with Gasteiger partial charge in [-0.05, 0) is 36.6 Å². The number of rotatable bonds is 6. The number of benzene rings is 1. The number of nitrogen functional groups attached to an aromatic ring is 1. The highest BCUT2D eigenvalue weighted by Crippen LogP contribution is 2.26. The third kappa shape index (κ3) is 4.56. The Hall–Kier alpha value is -1.36. The number of ether oxygens (including phenoxy) is 1. The number of carbonyl (C=O) groups excluding carboxylic acids is 1. The van der Waals surface area contributed by atoms with Crippen LogP contribution in [-0.2, 0) is 4.79 Å². The summed E-state index contributed by atoms with van der Waals surface area (Å²) in [5, 5.41) is 2.81. The first-order valence-electron chi connectivity index (χ1n) is 5.39. The van der Waals surface area contributed by atoms with Crippen LogP contribution < -0.4 is 15.8 Å².